The molecule has 2 heterocycles. The summed E-state index contributed by atoms with van der Waals surface area (Å²) in [7, 11) is 3.57. The number of aromatic nitrogens is 2. The smallest absolute Gasteiger partial charge is 0.257 e. The molecule has 1 aliphatic rings. The number of hydrogen-bond acceptors (Lipinski definition) is 5. The molecule has 1 aliphatic heterocycles. The molecule has 0 N–H and O–H groups in total. The van der Waals surface area contributed by atoms with Gasteiger partial charge in [0.2, 0.25) is 0 Å². The van der Waals surface area contributed by atoms with E-state index in [1.807, 2.05) is 55.6 Å². The van der Waals surface area contributed by atoms with E-state index in [9.17, 15) is 4.79 Å². The van der Waals surface area contributed by atoms with Crippen LogP contribution in [0.5, 0.6) is 17.2 Å². The lowest BCUT2D eigenvalue weighted by molar-refractivity contribution is 0.0774. The third kappa shape index (κ3) is 4.40. The first-order valence-electron chi connectivity index (χ1n) is 9.99. The van der Waals surface area contributed by atoms with Crippen molar-refractivity contribution in [2.45, 2.75) is 6.42 Å². The van der Waals surface area contributed by atoms with Gasteiger partial charge in [0.1, 0.15) is 18.1 Å². The van der Waals surface area contributed by atoms with Crippen molar-refractivity contribution in [3.63, 3.8) is 0 Å². The zero-order chi connectivity index (χ0) is 20.9. The van der Waals surface area contributed by atoms with Crippen LogP contribution in [0.2, 0.25) is 0 Å². The number of fused-ring (bicyclic) bond motifs is 1. The fraction of sp³-hybridized carbons (Fsp3) is 0.304. The molecule has 0 bridgehead atoms. The van der Waals surface area contributed by atoms with Crippen LogP contribution in [0.15, 0.2) is 54.7 Å². The van der Waals surface area contributed by atoms with E-state index in [1.165, 1.54) is 0 Å². The van der Waals surface area contributed by atoms with E-state index in [0.717, 1.165) is 23.5 Å². The molecule has 0 aliphatic carbocycles. The average Bonchev–Trinajstić information content (AvgIpc) is 3.00. The number of ether oxygens (including phenoxy) is 3. The third-order valence-corrected chi connectivity index (χ3v) is 4.87. The molecule has 3 aromatic rings. The maximum atomic E-state index is 13.1. The molecule has 156 valence electrons. The quantitative estimate of drug-likeness (QED) is 0.627. The summed E-state index contributed by atoms with van der Waals surface area (Å²) in [6, 6.07) is 15.2. The second-order valence-corrected chi connectivity index (χ2v) is 7.17. The van der Waals surface area contributed by atoms with E-state index in [1.54, 1.807) is 22.8 Å². The maximum Gasteiger partial charge on any atom is 0.257 e. The Morgan fingerprint density at radius 3 is 2.70 bits per heavy atom. The van der Waals surface area contributed by atoms with E-state index in [4.69, 9.17) is 14.2 Å². The Morgan fingerprint density at radius 2 is 1.90 bits per heavy atom. The summed E-state index contributed by atoms with van der Waals surface area (Å²) in [5, 5.41) is 4.53. The Hall–Kier alpha value is -3.48. The van der Waals surface area contributed by atoms with Crippen molar-refractivity contribution in [1.82, 2.24) is 14.7 Å². The third-order valence-electron chi connectivity index (χ3n) is 4.87. The number of carbonyl (C=O) groups excluding carboxylic acids is 1. The SMILES string of the molecule is CN(CCOc1ccccc1)C(=O)c1cn(C)nc1-c1ccc2c(c1)OCCCO2. The second kappa shape index (κ2) is 8.90. The topological polar surface area (TPSA) is 65.8 Å². The number of likely N-dealkylation sites (N-methyl/N-ethyl adjacent to an activating group) is 1. The van der Waals surface area contributed by atoms with E-state index in [0.29, 0.717) is 43.4 Å². The summed E-state index contributed by atoms with van der Waals surface area (Å²) in [6.07, 6.45) is 2.59. The Bertz CT molecular complexity index is 1020. The molecule has 0 fully saturated rings. The highest BCUT2D eigenvalue weighted by molar-refractivity contribution is 5.99. The van der Waals surface area contributed by atoms with E-state index in [-0.39, 0.29) is 5.91 Å². The first kappa shape index (κ1) is 19.8. The molecule has 7 heteroatoms. The molecule has 0 spiro atoms. The largest absolute Gasteiger partial charge is 0.492 e. The highest BCUT2D eigenvalue weighted by Gasteiger charge is 2.22. The molecule has 2 aromatic carbocycles. The molecular formula is C23H25N3O4. The predicted molar refractivity (Wildman–Crippen MR) is 113 cm³/mol. The van der Waals surface area contributed by atoms with E-state index in [2.05, 4.69) is 5.10 Å². The zero-order valence-corrected chi connectivity index (χ0v) is 17.2. The number of nitrogens with zero attached hydrogens (tertiary/aromatic N) is 3. The Morgan fingerprint density at radius 1 is 1.13 bits per heavy atom. The first-order chi connectivity index (χ1) is 14.6. The van der Waals surface area contributed by atoms with Crippen LogP contribution in [0.4, 0.5) is 0 Å². The number of carbonyl (C=O) groups is 1. The average molecular weight is 407 g/mol. The van der Waals surface area contributed by atoms with Gasteiger partial charge in [-0.3, -0.25) is 9.48 Å². The first-order valence-corrected chi connectivity index (χ1v) is 9.99. The van der Waals surface area contributed by atoms with Crippen molar-refractivity contribution in [2.75, 3.05) is 33.4 Å². The zero-order valence-electron chi connectivity index (χ0n) is 17.2. The molecule has 0 saturated carbocycles. The number of benzene rings is 2. The van der Waals surface area contributed by atoms with Crippen LogP contribution in [-0.4, -0.2) is 54.0 Å². The summed E-state index contributed by atoms with van der Waals surface area (Å²) in [4.78, 5) is 14.7. The molecule has 1 amide bonds. The minimum Gasteiger partial charge on any atom is -0.492 e. The second-order valence-electron chi connectivity index (χ2n) is 7.17. The fourth-order valence-electron chi connectivity index (χ4n) is 3.29. The van der Waals surface area contributed by atoms with Crippen LogP contribution < -0.4 is 14.2 Å². The summed E-state index contributed by atoms with van der Waals surface area (Å²) >= 11 is 0. The molecule has 1 aromatic heterocycles. The van der Waals surface area contributed by atoms with Gasteiger partial charge >= 0.3 is 0 Å². The molecule has 0 radical (unpaired) electrons. The van der Waals surface area contributed by atoms with Gasteiger partial charge in [-0.25, -0.2) is 0 Å². The highest BCUT2D eigenvalue weighted by Crippen LogP contribution is 2.35. The molecule has 0 atom stereocenters. The van der Waals surface area contributed by atoms with Crippen molar-refractivity contribution < 1.29 is 19.0 Å². The van der Waals surface area contributed by atoms with E-state index < -0.39 is 0 Å². The van der Waals surface area contributed by atoms with E-state index >= 15 is 0 Å². The lowest BCUT2D eigenvalue weighted by Crippen LogP contribution is -2.31. The number of rotatable bonds is 6. The number of hydrogen-bond donors (Lipinski definition) is 0. The standard InChI is InChI=1S/C23H25N3O4/c1-25(11-14-28-18-7-4-3-5-8-18)23(27)19-16-26(2)24-22(19)17-9-10-20-21(15-17)30-13-6-12-29-20/h3-5,7-10,15-16H,6,11-14H2,1-2H3. The monoisotopic (exact) mass is 407 g/mol. The summed E-state index contributed by atoms with van der Waals surface area (Å²) in [6.45, 7) is 2.11. The minimum atomic E-state index is -0.109. The Balaban J connectivity index is 1.49. The van der Waals surface area contributed by atoms with Gasteiger partial charge in [-0.05, 0) is 30.3 Å². The molecule has 4 rings (SSSR count). The van der Waals surface area contributed by atoms with Crippen molar-refractivity contribution in [3.8, 4) is 28.5 Å². The van der Waals surface area contributed by atoms with Crippen LogP contribution in [-0.2, 0) is 7.05 Å². The van der Waals surface area contributed by atoms with Crippen LogP contribution in [0.1, 0.15) is 16.8 Å². The Kier molecular flexibility index (Phi) is 5.88. The fourth-order valence-corrected chi connectivity index (χ4v) is 3.29. The molecule has 0 unspecified atom stereocenters. The minimum absolute atomic E-state index is 0.109. The van der Waals surface area contributed by atoms with Crippen LogP contribution >= 0.6 is 0 Å². The lowest BCUT2D eigenvalue weighted by Gasteiger charge is -2.17. The molecule has 0 saturated heterocycles. The van der Waals surface area contributed by atoms with Crippen molar-refractivity contribution >= 4 is 5.91 Å². The van der Waals surface area contributed by atoms with Crippen LogP contribution in [0, 0.1) is 0 Å². The predicted octanol–water partition coefficient (Wildman–Crippen LogP) is 3.40. The van der Waals surface area contributed by atoms with Crippen LogP contribution in [0.25, 0.3) is 11.3 Å². The van der Waals surface area contributed by atoms with Gasteiger partial charge in [0, 0.05) is 32.3 Å². The molecule has 7 nitrogen and oxygen atoms in total. The summed E-state index contributed by atoms with van der Waals surface area (Å²) < 4.78 is 18.9. The summed E-state index contributed by atoms with van der Waals surface area (Å²) in [5.41, 5.74) is 1.97. The number of para-hydroxylation sites is 1. The van der Waals surface area contributed by atoms with Gasteiger partial charge in [-0.1, -0.05) is 18.2 Å². The number of aryl methyl sites for hydroxylation is 1. The van der Waals surface area contributed by atoms with Gasteiger partial charge < -0.3 is 19.1 Å². The van der Waals surface area contributed by atoms with Gasteiger partial charge in [0.15, 0.2) is 11.5 Å². The van der Waals surface area contributed by atoms with Gasteiger partial charge in [0.05, 0.1) is 25.3 Å². The summed E-state index contributed by atoms with van der Waals surface area (Å²) in [5.74, 6) is 2.07. The maximum absolute atomic E-state index is 13.1. The molecular weight excluding hydrogens is 382 g/mol. The van der Waals surface area contributed by atoms with Crippen molar-refractivity contribution in [3.05, 3.63) is 60.3 Å². The highest BCUT2D eigenvalue weighted by atomic mass is 16.5. The van der Waals surface area contributed by atoms with Gasteiger partial charge in [0.25, 0.3) is 5.91 Å². The van der Waals surface area contributed by atoms with Crippen molar-refractivity contribution in [2.24, 2.45) is 7.05 Å². The molecule has 30 heavy (non-hydrogen) atoms. The van der Waals surface area contributed by atoms with Gasteiger partial charge in [-0.15, -0.1) is 0 Å². The Labute approximate surface area is 175 Å². The van der Waals surface area contributed by atoms with Crippen molar-refractivity contribution in [1.29, 1.82) is 0 Å². The number of amides is 1. The van der Waals surface area contributed by atoms with Gasteiger partial charge in [-0.2, -0.15) is 5.10 Å². The normalized spacial score (nSPS) is 12.9. The van der Waals surface area contributed by atoms with Crippen LogP contribution in [0.3, 0.4) is 0 Å². The lowest BCUT2D eigenvalue weighted by atomic mass is 10.1.